The third-order valence-electron chi connectivity index (χ3n) is 4.17. The van der Waals surface area contributed by atoms with E-state index in [1.165, 1.54) is 0 Å². The lowest BCUT2D eigenvalue weighted by atomic mass is 10.1. The molecule has 0 radical (unpaired) electrons. The van der Waals surface area contributed by atoms with Crippen LogP contribution in [-0.4, -0.2) is 27.3 Å². The van der Waals surface area contributed by atoms with Crippen molar-refractivity contribution in [3.63, 3.8) is 0 Å². The topological polar surface area (TPSA) is 77.8 Å². The molecule has 0 bridgehead atoms. The number of amides is 1. The molecule has 1 N–H and O–H groups in total. The van der Waals surface area contributed by atoms with Crippen LogP contribution < -0.4 is 14.8 Å². The van der Waals surface area contributed by atoms with Gasteiger partial charge >= 0.3 is 0 Å². The highest BCUT2D eigenvalue weighted by Crippen LogP contribution is 2.32. The quantitative estimate of drug-likeness (QED) is 0.774. The molecule has 1 atom stereocenters. The summed E-state index contributed by atoms with van der Waals surface area (Å²) in [5, 5.41) is 11.5. The first-order valence-electron chi connectivity index (χ1n) is 8.26. The fraction of sp³-hybridized carbons (Fsp3) is 0.278. The maximum atomic E-state index is 12.7. The summed E-state index contributed by atoms with van der Waals surface area (Å²) in [6.07, 6.45) is 3.58. The SMILES string of the molecule is CCC[C@H](NC(=O)c1ccc2c(c1)OCO2)c1nnc2ccccn12. The fourth-order valence-electron chi connectivity index (χ4n) is 2.93. The number of hydrogen-bond acceptors (Lipinski definition) is 5. The van der Waals surface area contributed by atoms with E-state index in [1.807, 2.05) is 28.8 Å². The van der Waals surface area contributed by atoms with Gasteiger partial charge in [-0.15, -0.1) is 10.2 Å². The van der Waals surface area contributed by atoms with Crippen molar-refractivity contribution >= 4 is 11.6 Å². The Balaban J connectivity index is 1.60. The van der Waals surface area contributed by atoms with E-state index in [2.05, 4.69) is 22.4 Å². The molecular weight excluding hydrogens is 320 g/mol. The van der Waals surface area contributed by atoms with E-state index in [9.17, 15) is 4.79 Å². The molecule has 2 aromatic heterocycles. The Kier molecular flexibility index (Phi) is 3.97. The summed E-state index contributed by atoms with van der Waals surface area (Å²) in [5.41, 5.74) is 1.29. The van der Waals surface area contributed by atoms with E-state index >= 15 is 0 Å². The average molecular weight is 338 g/mol. The Bertz CT molecular complexity index is 922. The summed E-state index contributed by atoms with van der Waals surface area (Å²) in [5.74, 6) is 1.80. The van der Waals surface area contributed by atoms with Crippen molar-refractivity contribution in [1.29, 1.82) is 0 Å². The molecule has 3 heterocycles. The summed E-state index contributed by atoms with van der Waals surface area (Å²) in [6, 6.07) is 10.7. The highest BCUT2D eigenvalue weighted by Gasteiger charge is 2.22. The molecule has 0 saturated carbocycles. The van der Waals surface area contributed by atoms with Gasteiger partial charge in [-0.3, -0.25) is 9.20 Å². The van der Waals surface area contributed by atoms with Crippen molar-refractivity contribution in [2.24, 2.45) is 0 Å². The number of pyridine rings is 1. The highest BCUT2D eigenvalue weighted by molar-refractivity contribution is 5.95. The van der Waals surface area contributed by atoms with Gasteiger partial charge in [0.15, 0.2) is 23.0 Å². The largest absolute Gasteiger partial charge is 0.454 e. The van der Waals surface area contributed by atoms with Crippen molar-refractivity contribution in [2.45, 2.75) is 25.8 Å². The maximum Gasteiger partial charge on any atom is 0.252 e. The van der Waals surface area contributed by atoms with Gasteiger partial charge in [-0.2, -0.15) is 0 Å². The van der Waals surface area contributed by atoms with Crippen LogP contribution in [0.25, 0.3) is 5.65 Å². The summed E-state index contributed by atoms with van der Waals surface area (Å²) < 4.78 is 12.5. The third-order valence-corrected chi connectivity index (χ3v) is 4.17. The minimum Gasteiger partial charge on any atom is -0.454 e. The van der Waals surface area contributed by atoms with Gasteiger partial charge in [0, 0.05) is 11.8 Å². The van der Waals surface area contributed by atoms with E-state index in [4.69, 9.17) is 9.47 Å². The Labute approximate surface area is 144 Å². The molecule has 7 heteroatoms. The van der Waals surface area contributed by atoms with Gasteiger partial charge < -0.3 is 14.8 Å². The lowest BCUT2D eigenvalue weighted by Gasteiger charge is -2.17. The molecule has 1 amide bonds. The smallest absolute Gasteiger partial charge is 0.252 e. The first-order valence-corrected chi connectivity index (χ1v) is 8.26. The molecule has 128 valence electrons. The average Bonchev–Trinajstić information content (AvgIpc) is 3.27. The maximum absolute atomic E-state index is 12.7. The van der Waals surface area contributed by atoms with E-state index in [-0.39, 0.29) is 18.7 Å². The van der Waals surface area contributed by atoms with Crippen LogP contribution in [0.3, 0.4) is 0 Å². The first kappa shape index (κ1) is 15.4. The van der Waals surface area contributed by atoms with Crippen LogP contribution in [0.15, 0.2) is 42.6 Å². The van der Waals surface area contributed by atoms with E-state index in [0.29, 0.717) is 17.1 Å². The molecule has 3 aromatic rings. The molecule has 0 spiro atoms. The summed E-state index contributed by atoms with van der Waals surface area (Å²) >= 11 is 0. The number of carbonyl (C=O) groups is 1. The lowest BCUT2D eigenvalue weighted by molar-refractivity contribution is 0.0932. The van der Waals surface area contributed by atoms with Crippen molar-refractivity contribution in [3.05, 3.63) is 54.0 Å². The standard InChI is InChI=1S/C18H18N4O3/c1-2-5-13(17-21-20-16-6-3-4-9-22(16)17)19-18(23)12-7-8-14-15(10-12)25-11-24-14/h3-4,6-10,13H,2,5,11H2,1H3,(H,19,23)/t13-/m0/s1. The predicted octanol–water partition coefficient (Wildman–Crippen LogP) is 2.73. The number of fused-ring (bicyclic) bond motifs is 2. The number of rotatable bonds is 5. The number of hydrogen-bond donors (Lipinski definition) is 1. The van der Waals surface area contributed by atoms with Crippen LogP contribution in [0.2, 0.25) is 0 Å². The molecule has 4 rings (SSSR count). The third kappa shape index (κ3) is 2.88. The number of benzene rings is 1. The van der Waals surface area contributed by atoms with Crippen LogP contribution in [0.1, 0.15) is 42.0 Å². The zero-order valence-corrected chi connectivity index (χ0v) is 13.8. The van der Waals surface area contributed by atoms with Crippen LogP contribution in [0, 0.1) is 0 Å². The number of nitrogens with one attached hydrogen (secondary N) is 1. The molecule has 25 heavy (non-hydrogen) atoms. The number of ether oxygens (including phenoxy) is 2. The van der Waals surface area contributed by atoms with Crippen LogP contribution in [0.5, 0.6) is 11.5 Å². The second kappa shape index (κ2) is 6.43. The second-order valence-corrected chi connectivity index (χ2v) is 5.87. The second-order valence-electron chi connectivity index (χ2n) is 5.87. The molecule has 7 nitrogen and oxygen atoms in total. The Morgan fingerprint density at radius 2 is 2.12 bits per heavy atom. The number of nitrogens with zero attached hydrogens (tertiary/aromatic N) is 3. The van der Waals surface area contributed by atoms with Crippen LogP contribution in [-0.2, 0) is 0 Å². The Hall–Kier alpha value is -3.09. The normalized spacial score (nSPS) is 13.8. The number of aromatic nitrogens is 3. The van der Waals surface area contributed by atoms with Crippen molar-refractivity contribution in [3.8, 4) is 11.5 Å². The van der Waals surface area contributed by atoms with Gasteiger partial charge in [0.05, 0.1) is 6.04 Å². The Morgan fingerprint density at radius 1 is 1.24 bits per heavy atom. The van der Waals surface area contributed by atoms with E-state index in [1.54, 1.807) is 18.2 Å². The highest BCUT2D eigenvalue weighted by atomic mass is 16.7. The fourth-order valence-corrected chi connectivity index (χ4v) is 2.93. The van der Waals surface area contributed by atoms with Crippen molar-refractivity contribution < 1.29 is 14.3 Å². The van der Waals surface area contributed by atoms with Gasteiger partial charge in [-0.25, -0.2) is 0 Å². The van der Waals surface area contributed by atoms with E-state index < -0.39 is 0 Å². The Morgan fingerprint density at radius 3 is 3.00 bits per heavy atom. The van der Waals surface area contributed by atoms with Gasteiger partial charge in [0.25, 0.3) is 5.91 Å². The van der Waals surface area contributed by atoms with Crippen molar-refractivity contribution in [1.82, 2.24) is 19.9 Å². The minimum absolute atomic E-state index is 0.176. The molecule has 1 aromatic carbocycles. The monoisotopic (exact) mass is 338 g/mol. The number of carbonyl (C=O) groups excluding carboxylic acids is 1. The van der Waals surface area contributed by atoms with Gasteiger partial charge in [0.2, 0.25) is 6.79 Å². The summed E-state index contributed by atoms with van der Waals surface area (Å²) in [7, 11) is 0. The van der Waals surface area contributed by atoms with E-state index in [0.717, 1.165) is 24.3 Å². The first-order chi connectivity index (χ1) is 12.3. The molecule has 0 aliphatic carbocycles. The molecule has 0 saturated heterocycles. The minimum atomic E-state index is -0.222. The predicted molar refractivity (Wildman–Crippen MR) is 90.7 cm³/mol. The van der Waals surface area contributed by atoms with Gasteiger partial charge in [0.1, 0.15) is 0 Å². The lowest BCUT2D eigenvalue weighted by Crippen LogP contribution is -2.29. The van der Waals surface area contributed by atoms with Crippen LogP contribution >= 0.6 is 0 Å². The summed E-state index contributed by atoms with van der Waals surface area (Å²) in [6.45, 7) is 2.26. The molecule has 1 aliphatic rings. The molecule has 1 aliphatic heterocycles. The zero-order chi connectivity index (χ0) is 17.2. The summed E-state index contributed by atoms with van der Waals surface area (Å²) in [4.78, 5) is 12.7. The molecule has 0 fully saturated rings. The van der Waals surface area contributed by atoms with Crippen molar-refractivity contribution in [2.75, 3.05) is 6.79 Å². The van der Waals surface area contributed by atoms with Crippen LogP contribution in [0.4, 0.5) is 0 Å². The molecule has 0 unspecified atom stereocenters. The zero-order valence-electron chi connectivity index (χ0n) is 13.8. The van der Waals surface area contributed by atoms with Gasteiger partial charge in [-0.05, 0) is 36.8 Å². The molecular formula is C18H18N4O3. The van der Waals surface area contributed by atoms with Gasteiger partial charge in [-0.1, -0.05) is 19.4 Å².